The highest BCUT2D eigenvalue weighted by molar-refractivity contribution is 7.89. The number of pyridine rings is 1. The van der Waals surface area contributed by atoms with Crippen LogP contribution < -0.4 is 5.32 Å². The Bertz CT molecular complexity index is 1710. The van der Waals surface area contributed by atoms with Crippen molar-refractivity contribution >= 4 is 43.2 Å². The van der Waals surface area contributed by atoms with E-state index in [1.54, 1.807) is 28.2 Å². The van der Waals surface area contributed by atoms with Gasteiger partial charge in [-0.3, -0.25) is 4.79 Å². The molecule has 0 radical (unpaired) electrons. The van der Waals surface area contributed by atoms with Gasteiger partial charge in [-0.1, -0.05) is 12.1 Å². The molecular formula is C26H24N6O3S2. The summed E-state index contributed by atoms with van der Waals surface area (Å²) in [6.45, 7) is 1.92. The topological polar surface area (TPSA) is 110 Å². The van der Waals surface area contributed by atoms with Gasteiger partial charge in [0.2, 0.25) is 15.9 Å². The summed E-state index contributed by atoms with van der Waals surface area (Å²) < 4.78 is 28.5. The van der Waals surface area contributed by atoms with E-state index in [2.05, 4.69) is 21.4 Å². The van der Waals surface area contributed by atoms with Gasteiger partial charge < -0.3 is 5.32 Å². The molecule has 2 aromatic carbocycles. The van der Waals surface area contributed by atoms with Gasteiger partial charge in [-0.25, -0.2) is 27.4 Å². The Morgan fingerprint density at radius 3 is 2.57 bits per heavy atom. The quantitative estimate of drug-likeness (QED) is 0.335. The molecule has 1 N–H and O–H groups in total. The molecule has 3 heterocycles. The molecule has 5 rings (SSSR count). The van der Waals surface area contributed by atoms with Crippen LogP contribution in [0.5, 0.6) is 0 Å². The molecule has 11 heteroatoms. The summed E-state index contributed by atoms with van der Waals surface area (Å²) in [6.07, 6.45) is 0.0341. The fraction of sp³-hybridized carbons (Fsp3) is 0.154. The summed E-state index contributed by atoms with van der Waals surface area (Å²) in [4.78, 5) is 22.0. The van der Waals surface area contributed by atoms with Gasteiger partial charge in [0.15, 0.2) is 5.82 Å². The van der Waals surface area contributed by atoms with Crippen molar-refractivity contribution in [3.63, 3.8) is 0 Å². The van der Waals surface area contributed by atoms with E-state index in [1.807, 2.05) is 48.8 Å². The number of thiazole rings is 1. The third kappa shape index (κ3) is 5.15. The SMILES string of the molecule is Cc1cccc(-n2nc(CC(=O)Nc3ccc(S(=O)(=O)N(C)C)cc3)cc2-c2ccc3ncsc3c2)n1. The van der Waals surface area contributed by atoms with Crippen molar-refractivity contribution in [2.75, 3.05) is 19.4 Å². The standard InChI is InChI=1S/C26H24N6O3S2/c1-17-5-4-6-25(28-17)32-23(18-7-12-22-24(13-18)36-16-27-22)14-20(30-32)15-26(33)29-19-8-10-21(11-9-19)37(34,35)31(2)3/h4-14,16H,15H2,1-3H3,(H,29,33). The largest absolute Gasteiger partial charge is 0.326 e. The van der Waals surface area contributed by atoms with Crippen LogP contribution in [-0.4, -0.2) is 52.5 Å². The second-order valence-electron chi connectivity index (χ2n) is 8.64. The smallest absolute Gasteiger partial charge is 0.242 e. The number of aryl methyl sites for hydroxylation is 1. The zero-order valence-corrected chi connectivity index (χ0v) is 22.0. The number of hydrogen-bond donors (Lipinski definition) is 1. The van der Waals surface area contributed by atoms with E-state index in [-0.39, 0.29) is 17.2 Å². The number of carbonyl (C=O) groups is 1. The summed E-state index contributed by atoms with van der Waals surface area (Å²) in [6, 6.07) is 19.7. The van der Waals surface area contributed by atoms with Crippen LogP contribution in [0.4, 0.5) is 5.69 Å². The van der Waals surface area contributed by atoms with Crippen molar-refractivity contribution in [1.82, 2.24) is 24.1 Å². The van der Waals surface area contributed by atoms with E-state index < -0.39 is 10.0 Å². The molecule has 1 amide bonds. The van der Waals surface area contributed by atoms with E-state index in [9.17, 15) is 13.2 Å². The fourth-order valence-electron chi connectivity index (χ4n) is 3.85. The first-order valence-corrected chi connectivity index (χ1v) is 13.7. The highest BCUT2D eigenvalue weighted by Crippen LogP contribution is 2.29. The Kier molecular flexibility index (Phi) is 6.59. The average molecular weight is 533 g/mol. The van der Waals surface area contributed by atoms with Crippen LogP contribution in [0.3, 0.4) is 0 Å². The molecule has 0 bridgehead atoms. The number of carbonyl (C=O) groups excluding carboxylic acids is 1. The predicted molar refractivity (Wildman–Crippen MR) is 144 cm³/mol. The minimum absolute atomic E-state index is 0.0341. The summed E-state index contributed by atoms with van der Waals surface area (Å²) >= 11 is 1.56. The van der Waals surface area contributed by atoms with Crippen LogP contribution in [0.1, 0.15) is 11.4 Å². The summed E-state index contributed by atoms with van der Waals surface area (Å²) in [5, 5.41) is 7.53. The number of sulfonamides is 1. The lowest BCUT2D eigenvalue weighted by Gasteiger charge is -2.11. The van der Waals surface area contributed by atoms with Gasteiger partial charge in [0, 0.05) is 31.0 Å². The van der Waals surface area contributed by atoms with Crippen LogP contribution in [-0.2, 0) is 21.2 Å². The number of hydrogen-bond acceptors (Lipinski definition) is 7. The lowest BCUT2D eigenvalue weighted by molar-refractivity contribution is -0.115. The number of nitrogens with zero attached hydrogens (tertiary/aromatic N) is 5. The molecule has 0 saturated carbocycles. The van der Waals surface area contributed by atoms with Crippen molar-refractivity contribution < 1.29 is 13.2 Å². The van der Waals surface area contributed by atoms with E-state index in [1.165, 1.54) is 26.2 Å². The van der Waals surface area contributed by atoms with E-state index in [0.717, 1.165) is 31.5 Å². The third-order valence-electron chi connectivity index (χ3n) is 5.74. The minimum Gasteiger partial charge on any atom is -0.326 e. The number of nitrogens with one attached hydrogen (secondary N) is 1. The molecule has 0 aliphatic carbocycles. The van der Waals surface area contributed by atoms with Crippen molar-refractivity contribution in [3.8, 4) is 17.1 Å². The maximum Gasteiger partial charge on any atom is 0.242 e. The van der Waals surface area contributed by atoms with Gasteiger partial charge in [-0.15, -0.1) is 11.3 Å². The number of rotatable bonds is 7. The van der Waals surface area contributed by atoms with Crippen molar-refractivity contribution in [1.29, 1.82) is 0 Å². The van der Waals surface area contributed by atoms with Gasteiger partial charge in [0.1, 0.15) is 0 Å². The molecule has 37 heavy (non-hydrogen) atoms. The average Bonchev–Trinajstić information content (AvgIpc) is 3.51. The maximum absolute atomic E-state index is 12.9. The Balaban J connectivity index is 1.42. The number of anilines is 1. The van der Waals surface area contributed by atoms with Gasteiger partial charge in [0.25, 0.3) is 0 Å². The second kappa shape index (κ2) is 9.85. The third-order valence-corrected chi connectivity index (χ3v) is 8.36. The number of fused-ring (bicyclic) bond motifs is 1. The summed E-state index contributed by atoms with van der Waals surface area (Å²) in [5.41, 5.74) is 6.43. The van der Waals surface area contributed by atoms with Crippen LogP contribution in [0.2, 0.25) is 0 Å². The molecule has 5 aromatic rings. The minimum atomic E-state index is -3.54. The molecule has 0 atom stereocenters. The molecule has 0 aliphatic rings. The van der Waals surface area contributed by atoms with Crippen LogP contribution in [0.15, 0.2) is 77.1 Å². The van der Waals surface area contributed by atoms with Crippen LogP contribution >= 0.6 is 11.3 Å². The van der Waals surface area contributed by atoms with Crippen LogP contribution in [0, 0.1) is 6.92 Å². The molecule has 0 aliphatic heterocycles. The Labute approximate surface area is 218 Å². The van der Waals surface area contributed by atoms with E-state index in [4.69, 9.17) is 5.10 Å². The lowest BCUT2D eigenvalue weighted by Crippen LogP contribution is -2.22. The fourth-order valence-corrected chi connectivity index (χ4v) is 5.47. The van der Waals surface area contributed by atoms with Gasteiger partial charge >= 0.3 is 0 Å². The van der Waals surface area contributed by atoms with Gasteiger partial charge in [-0.05, 0) is 61.5 Å². The first-order chi connectivity index (χ1) is 17.7. The van der Waals surface area contributed by atoms with E-state index >= 15 is 0 Å². The predicted octanol–water partition coefficient (Wildman–Crippen LogP) is 4.28. The number of aromatic nitrogens is 4. The Morgan fingerprint density at radius 2 is 1.84 bits per heavy atom. The first kappa shape index (κ1) is 24.8. The Hall–Kier alpha value is -3.93. The molecular weight excluding hydrogens is 508 g/mol. The normalized spacial score (nSPS) is 11.8. The van der Waals surface area contributed by atoms with Gasteiger partial charge in [-0.2, -0.15) is 5.10 Å². The maximum atomic E-state index is 12.9. The molecule has 0 unspecified atom stereocenters. The second-order valence-corrected chi connectivity index (χ2v) is 11.7. The Morgan fingerprint density at radius 1 is 1.05 bits per heavy atom. The van der Waals surface area contributed by atoms with E-state index in [0.29, 0.717) is 17.2 Å². The van der Waals surface area contributed by atoms with Crippen LogP contribution in [0.25, 0.3) is 27.3 Å². The summed E-state index contributed by atoms with van der Waals surface area (Å²) in [5.74, 6) is 0.387. The van der Waals surface area contributed by atoms with Crippen molar-refractivity contribution in [2.24, 2.45) is 0 Å². The first-order valence-electron chi connectivity index (χ1n) is 11.4. The van der Waals surface area contributed by atoms with Crippen molar-refractivity contribution in [3.05, 3.63) is 83.6 Å². The molecule has 0 spiro atoms. The number of amides is 1. The molecule has 0 saturated heterocycles. The number of benzene rings is 2. The lowest BCUT2D eigenvalue weighted by atomic mass is 10.1. The molecule has 3 aromatic heterocycles. The highest BCUT2D eigenvalue weighted by atomic mass is 32.2. The molecule has 0 fully saturated rings. The monoisotopic (exact) mass is 532 g/mol. The zero-order valence-electron chi connectivity index (χ0n) is 20.4. The zero-order chi connectivity index (χ0) is 26.2. The van der Waals surface area contributed by atoms with Crippen molar-refractivity contribution in [2.45, 2.75) is 18.2 Å². The van der Waals surface area contributed by atoms with Gasteiger partial charge in [0.05, 0.1) is 38.4 Å². The molecule has 9 nitrogen and oxygen atoms in total. The summed E-state index contributed by atoms with van der Waals surface area (Å²) in [7, 11) is -0.595. The highest BCUT2D eigenvalue weighted by Gasteiger charge is 2.18. The molecule has 188 valence electrons.